The van der Waals surface area contributed by atoms with Gasteiger partial charge in [-0.15, -0.1) is 0 Å². The highest BCUT2D eigenvalue weighted by molar-refractivity contribution is 6.05. The number of nitrogens with zero attached hydrogens (tertiary/aromatic N) is 4. The van der Waals surface area contributed by atoms with Crippen LogP contribution in [0.3, 0.4) is 0 Å². The van der Waals surface area contributed by atoms with Gasteiger partial charge in [0.25, 0.3) is 5.91 Å². The molecule has 26 heavy (non-hydrogen) atoms. The Bertz CT molecular complexity index is 958. The molecule has 4 rings (SSSR count). The molecule has 1 aliphatic heterocycles. The number of piperidine rings is 1. The Morgan fingerprint density at radius 1 is 1.19 bits per heavy atom. The van der Waals surface area contributed by atoms with Crippen LogP contribution >= 0.6 is 0 Å². The number of benzene rings is 1. The maximum absolute atomic E-state index is 12.6. The molecule has 134 valence electrons. The third kappa shape index (κ3) is 3.30. The number of pyridine rings is 1. The van der Waals surface area contributed by atoms with E-state index in [9.17, 15) is 4.79 Å². The minimum atomic E-state index is -0.195. The molecule has 2 aromatic heterocycles. The normalized spacial score (nSPS) is 15.3. The predicted octanol–water partition coefficient (Wildman–Crippen LogP) is 2.39. The van der Waals surface area contributed by atoms with Crippen LogP contribution in [-0.4, -0.2) is 38.7 Å². The Morgan fingerprint density at radius 2 is 2.00 bits per heavy atom. The summed E-state index contributed by atoms with van der Waals surface area (Å²) in [5.74, 6) is 1.44. The van der Waals surface area contributed by atoms with E-state index >= 15 is 0 Å². The van der Waals surface area contributed by atoms with E-state index in [0.717, 1.165) is 48.4 Å². The first-order valence-electron chi connectivity index (χ1n) is 8.90. The number of carbonyl (C=O) groups is 1. The third-order valence-corrected chi connectivity index (χ3v) is 4.80. The number of amides is 1. The van der Waals surface area contributed by atoms with Gasteiger partial charge in [0.1, 0.15) is 0 Å². The first-order valence-corrected chi connectivity index (χ1v) is 8.90. The molecule has 0 aliphatic carbocycles. The Labute approximate surface area is 151 Å². The lowest BCUT2D eigenvalue weighted by molar-refractivity contribution is 0.102. The monoisotopic (exact) mass is 350 g/mol. The molecule has 1 aromatic carbocycles. The standard InChI is InChI=1S/C19H22N6O/c1-12-3-4-14-11-15(5-6-16(14)21-12)18(26)23-19-22-17(24-25(19)2)13-7-9-20-10-8-13/h3-6,11,13,20H,7-10H2,1-2H3,(H,22,23,24,26). The van der Waals surface area contributed by atoms with Crippen molar-refractivity contribution in [3.05, 3.63) is 47.4 Å². The quantitative estimate of drug-likeness (QED) is 0.758. The molecule has 0 unspecified atom stereocenters. The van der Waals surface area contributed by atoms with E-state index in [0.29, 0.717) is 17.4 Å². The average Bonchev–Trinajstić information content (AvgIpc) is 3.02. The van der Waals surface area contributed by atoms with Crippen LogP contribution in [0.15, 0.2) is 30.3 Å². The van der Waals surface area contributed by atoms with Gasteiger partial charge in [-0.3, -0.25) is 15.1 Å². The molecule has 1 amide bonds. The van der Waals surface area contributed by atoms with Gasteiger partial charge in [0.2, 0.25) is 5.95 Å². The van der Waals surface area contributed by atoms with Gasteiger partial charge in [-0.2, -0.15) is 10.1 Å². The zero-order valence-electron chi connectivity index (χ0n) is 15.0. The van der Waals surface area contributed by atoms with Gasteiger partial charge in [-0.05, 0) is 57.1 Å². The Morgan fingerprint density at radius 3 is 2.81 bits per heavy atom. The molecule has 1 saturated heterocycles. The molecular weight excluding hydrogens is 328 g/mol. The topological polar surface area (TPSA) is 84.7 Å². The smallest absolute Gasteiger partial charge is 0.258 e. The molecule has 1 aliphatic rings. The van der Waals surface area contributed by atoms with E-state index in [2.05, 4.69) is 25.7 Å². The highest BCUT2D eigenvalue weighted by Gasteiger charge is 2.21. The van der Waals surface area contributed by atoms with Crippen molar-refractivity contribution in [2.45, 2.75) is 25.7 Å². The maximum Gasteiger partial charge on any atom is 0.258 e. The van der Waals surface area contributed by atoms with Gasteiger partial charge >= 0.3 is 0 Å². The van der Waals surface area contributed by atoms with Crippen molar-refractivity contribution in [2.24, 2.45) is 7.05 Å². The lowest BCUT2D eigenvalue weighted by Gasteiger charge is -2.19. The summed E-state index contributed by atoms with van der Waals surface area (Å²) in [6.07, 6.45) is 2.04. The number of hydrogen-bond acceptors (Lipinski definition) is 5. The summed E-state index contributed by atoms with van der Waals surface area (Å²) in [5.41, 5.74) is 2.42. The molecule has 0 atom stereocenters. The van der Waals surface area contributed by atoms with Crippen molar-refractivity contribution in [3.63, 3.8) is 0 Å². The molecule has 2 N–H and O–H groups in total. The predicted molar refractivity (Wildman–Crippen MR) is 100 cm³/mol. The largest absolute Gasteiger partial charge is 0.317 e. The van der Waals surface area contributed by atoms with E-state index in [1.54, 1.807) is 17.8 Å². The van der Waals surface area contributed by atoms with E-state index in [1.807, 2.05) is 31.2 Å². The SMILES string of the molecule is Cc1ccc2cc(C(=O)Nc3nc(C4CCNCC4)nn3C)ccc2n1. The molecule has 0 radical (unpaired) electrons. The van der Waals surface area contributed by atoms with Crippen LogP contribution in [0.1, 0.15) is 40.6 Å². The molecule has 1 fully saturated rings. The van der Waals surface area contributed by atoms with Crippen LogP contribution in [0.2, 0.25) is 0 Å². The third-order valence-electron chi connectivity index (χ3n) is 4.80. The molecule has 3 heterocycles. The summed E-state index contributed by atoms with van der Waals surface area (Å²) in [5, 5.41) is 11.7. The van der Waals surface area contributed by atoms with Crippen LogP contribution in [0.4, 0.5) is 5.95 Å². The number of fused-ring (bicyclic) bond motifs is 1. The van der Waals surface area contributed by atoms with E-state index < -0.39 is 0 Å². The van der Waals surface area contributed by atoms with E-state index in [1.165, 1.54) is 0 Å². The van der Waals surface area contributed by atoms with Crippen LogP contribution < -0.4 is 10.6 Å². The second-order valence-corrected chi connectivity index (χ2v) is 6.76. The van der Waals surface area contributed by atoms with Crippen molar-refractivity contribution in [3.8, 4) is 0 Å². The molecule has 3 aromatic rings. The number of aryl methyl sites for hydroxylation is 2. The number of anilines is 1. The van der Waals surface area contributed by atoms with Crippen molar-refractivity contribution in [1.29, 1.82) is 0 Å². The summed E-state index contributed by atoms with van der Waals surface area (Å²) >= 11 is 0. The number of hydrogen-bond donors (Lipinski definition) is 2. The van der Waals surface area contributed by atoms with Gasteiger partial charge in [0.05, 0.1) is 5.52 Å². The number of rotatable bonds is 3. The van der Waals surface area contributed by atoms with Crippen molar-refractivity contribution in [1.82, 2.24) is 25.1 Å². The van der Waals surface area contributed by atoms with Crippen molar-refractivity contribution >= 4 is 22.8 Å². The second kappa shape index (κ2) is 6.84. The van der Waals surface area contributed by atoms with Gasteiger partial charge < -0.3 is 5.32 Å². The lowest BCUT2D eigenvalue weighted by atomic mass is 9.98. The highest BCUT2D eigenvalue weighted by atomic mass is 16.1. The van der Waals surface area contributed by atoms with Crippen LogP contribution in [0.5, 0.6) is 0 Å². The molecule has 0 saturated carbocycles. The van der Waals surface area contributed by atoms with Crippen molar-refractivity contribution < 1.29 is 4.79 Å². The minimum absolute atomic E-state index is 0.195. The lowest BCUT2D eigenvalue weighted by Crippen LogP contribution is -2.27. The Kier molecular flexibility index (Phi) is 4.38. The zero-order valence-corrected chi connectivity index (χ0v) is 15.0. The number of nitrogens with one attached hydrogen (secondary N) is 2. The van der Waals surface area contributed by atoms with Crippen molar-refractivity contribution in [2.75, 3.05) is 18.4 Å². The molecule has 0 spiro atoms. The Balaban J connectivity index is 1.54. The van der Waals surface area contributed by atoms with Gasteiger partial charge in [-0.1, -0.05) is 6.07 Å². The molecule has 7 nitrogen and oxygen atoms in total. The fourth-order valence-corrected chi connectivity index (χ4v) is 3.31. The van der Waals surface area contributed by atoms with E-state index in [4.69, 9.17) is 0 Å². The molecule has 0 bridgehead atoms. The van der Waals surface area contributed by atoms with Crippen LogP contribution in [-0.2, 0) is 7.05 Å². The Hall–Kier alpha value is -2.80. The van der Waals surface area contributed by atoms with E-state index in [-0.39, 0.29) is 5.91 Å². The van der Waals surface area contributed by atoms with Gasteiger partial charge in [0, 0.05) is 29.6 Å². The summed E-state index contributed by atoms with van der Waals surface area (Å²) < 4.78 is 1.64. The summed E-state index contributed by atoms with van der Waals surface area (Å²) in [6, 6.07) is 9.42. The minimum Gasteiger partial charge on any atom is -0.317 e. The summed E-state index contributed by atoms with van der Waals surface area (Å²) in [6.45, 7) is 3.92. The van der Waals surface area contributed by atoms with Crippen LogP contribution in [0.25, 0.3) is 10.9 Å². The number of carbonyl (C=O) groups excluding carboxylic acids is 1. The first-order chi connectivity index (χ1) is 12.6. The molecule has 7 heteroatoms. The highest BCUT2D eigenvalue weighted by Crippen LogP contribution is 2.23. The maximum atomic E-state index is 12.6. The van der Waals surface area contributed by atoms with Gasteiger partial charge in [-0.25, -0.2) is 4.68 Å². The first kappa shape index (κ1) is 16.7. The summed E-state index contributed by atoms with van der Waals surface area (Å²) in [7, 11) is 1.81. The summed E-state index contributed by atoms with van der Waals surface area (Å²) in [4.78, 5) is 21.7. The zero-order chi connectivity index (χ0) is 18.1. The second-order valence-electron chi connectivity index (χ2n) is 6.76. The van der Waals surface area contributed by atoms with Gasteiger partial charge in [0.15, 0.2) is 5.82 Å². The van der Waals surface area contributed by atoms with Crippen LogP contribution in [0, 0.1) is 6.92 Å². The molecular formula is C19H22N6O. The fraction of sp³-hybridized carbons (Fsp3) is 0.368. The number of aromatic nitrogens is 4. The average molecular weight is 350 g/mol. The fourth-order valence-electron chi connectivity index (χ4n) is 3.31.